The predicted octanol–water partition coefficient (Wildman–Crippen LogP) is 4.00. The van der Waals surface area contributed by atoms with Crippen molar-refractivity contribution in [2.75, 3.05) is 0 Å². The van der Waals surface area contributed by atoms with Crippen LogP contribution in [0.5, 0.6) is 0 Å². The number of carbonyl (C=O) groups excluding carboxylic acids is 1. The highest BCUT2D eigenvalue weighted by Crippen LogP contribution is 2.29. The summed E-state index contributed by atoms with van der Waals surface area (Å²) in [6.45, 7) is 4.58. The highest BCUT2D eigenvalue weighted by Gasteiger charge is 2.25. The summed E-state index contributed by atoms with van der Waals surface area (Å²) in [4.78, 5) is 12.1. The molecular weight excluding hydrogens is 290 g/mol. The van der Waals surface area contributed by atoms with Crippen LogP contribution in [0.2, 0.25) is 0 Å². The molecule has 1 N–H and O–H groups in total. The van der Waals surface area contributed by atoms with Crippen molar-refractivity contribution in [2.24, 2.45) is 11.8 Å². The van der Waals surface area contributed by atoms with Crippen LogP contribution in [-0.2, 0) is 0 Å². The van der Waals surface area contributed by atoms with Crippen molar-refractivity contribution in [1.29, 1.82) is 0 Å². The van der Waals surface area contributed by atoms with Crippen LogP contribution >= 0.6 is 15.9 Å². The molecule has 0 bridgehead atoms. The number of amides is 1. The van der Waals surface area contributed by atoms with Crippen molar-refractivity contribution in [3.63, 3.8) is 0 Å². The van der Waals surface area contributed by atoms with Crippen LogP contribution in [0, 0.1) is 11.8 Å². The third-order valence-corrected chi connectivity index (χ3v) is 4.51. The van der Waals surface area contributed by atoms with E-state index in [1.807, 2.05) is 24.3 Å². The van der Waals surface area contributed by atoms with Gasteiger partial charge in [-0.15, -0.1) is 0 Å². The fourth-order valence-corrected chi connectivity index (χ4v) is 2.98. The molecule has 2 nitrogen and oxygen atoms in total. The fourth-order valence-electron chi connectivity index (χ4n) is 2.58. The molecule has 0 radical (unpaired) electrons. The Labute approximate surface area is 117 Å². The van der Waals surface area contributed by atoms with Crippen molar-refractivity contribution in [2.45, 2.75) is 39.2 Å². The van der Waals surface area contributed by atoms with Gasteiger partial charge in [0, 0.05) is 16.1 Å². The Balaban J connectivity index is 1.96. The minimum absolute atomic E-state index is 0.0445. The second-order valence-corrected chi connectivity index (χ2v) is 6.36. The van der Waals surface area contributed by atoms with Gasteiger partial charge in [-0.2, -0.15) is 0 Å². The lowest BCUT2D eigenvalue weighted by Gasteiger charge is -2.32. The maximum absolute atomic E-state index is 12.1. The molecule has 0 saturated heterocycles. The minimum atomic E-state index is 0.0445. The smallest absolute Gasteiger partial charge is 0.251 e. The maximum atomic E-state index is 12.1. The number of hydrogen-bond acceptors (Lipinski definition) is 1. The Morgan fingerprint density at radius 3 is 2.72 bits per heavy atom. The summed E-state index contributed by atoms with van der Waals surface area (Å²) in [7, 11) is 0. The third kappa shape index (κ3) is 3.35. The maximum Gasteiger partial charge on any atom is 0.251 e. The Morgan fingerprint density at radius 2 is 2.06 bits per heavy atom. The molecule has 0 aromatic heterocycles. The summed E-state index contributed by atoms with van der Waals surface area (Å²) in [5.74, 6) is 1.53. The van der Waals surface area contributed by atoms with Gasteiger partial charge in [0.2, 0.25) is 0 Å². The van der Waals surface area contributed by atoms with Gasteiger partial charge in [-0.3, -0.25) is 4.79 Å². The second kappa shape index (κ2) is 5.87. The SMILES string of the molecule is CC1CCC(NC(=O)c2cccc(Br)c2)CC1C. The molecule has 1 fully saturated rings. The van der Waals surface area contributed by atoms with Crippen LogP contribution in [0.4, 0.5) is 0 Å². The molecule has 1 aliphatic rings. The molecule has 3 heteroatoms. The molecule has 1 saturated carbocycles. The predicted molar refractivity (Wildman–Crippen MR) is 77.6 cm³/mol. The number of nitrogens with one attached hydrogen (secondary N) is 1. The van der Waals surface area contributed by atoms with Crippen molar-refractivity contribution in [3.8, 4) is 0 Å². The topological polar surface area (TPSA) is 29.1 Å². The fraction of sp³-hybridized carbons (Fsp3) is 0.533. The van der Waals surface area contributed by atoms with Crippen LogP contribution in [0.1, 0.15) is 43.5 Å². The average Bonchev–Trinajstić information content (AvgIpc) is 2.34. The van der Waals surface area contributed by atoms with E-state index >= 15 is 0 Å². The van der Waals surface area contributed by atoms with E-state index in [2.05, 4.69) is 35.1 Å². The molecule has 3 unspecified atom stereocenters. The molecule has 1 amide bonds. The second-order valence-electron chi connectivity index (χ2n) is 5.45. The molecule has 1 aliphatic carbocycles. The number of benzene rings is 1. The molecule has 98 valence electrons. The highest BCUT2D eigenvalue weighted by atomic mass is 79.9. The normalized spacial score (nSPS) is 27.8. The summed E-state index contributed by atoms with van der Waals surface area (Å²) in [5.41, 5.74) is 0.732. The largest absolute Gasteiger partial charge is 0.349 e. The molecular formula is C15H20BrNO. The molecule has 1 aromatic rings. The van der Waals surface area contributed by atoms with Crippen molar-refractivity contribution >= 4 is 21.8 Å². The van der Waals surface area contributed by atoms with Gasteiger partial charge < -0.3 is 5.32 Å². The van der Waals surface area contributed by atoms with E-state index in [1.54, 1.807) is 0 Å². The van der Waals surface area contributed by atoms with Crippen LogP contribution in [0.25, 0.3) is 0 Å². The summed E-state index contributed by atoms with van der Waals surface area (Å²) in [6, 6.07) is 7.88. The summed E-state index contributed by atoms with van der Waals surface area (Å²) >= 11 is 3.39. The zero-order valence-electron chi connectivity index (χ0n) is 10.9. The number of carbonyl (C=O) groups is 1. The first-order chi connectivity index (χ1) is 8.56. The van der Waals surface area contributed by atoms with Gasteiger partial charge in [-0.05, 0) is 49.3 Å². The lowest BCUT2D eigenvalue weighted by Crippen LogP contribution is -2.39. The Kier molecular flexibility index (Phi) is 4.44. The molecule has 2 rings (SSSR count). The zero-order chi connectivity index (χ0) is 13.1. The quantitative estimate of drug-likeness (QED) is 0.879. The lowest BCUT2D eigenvalue weighted by molar-refractivity contribution is 0.0910. The van der Waals surface area contributed by atoms with E-state index in [0.29, 0.717) is 12.0 Å². The molecule has 18 heavy (non-hydrogen) atoms. The van der Waals surface area contributed by atoms with Gasteiger partial charge in [0.1, 0.15) is 0 Å². The van der Waals surface area contributed by atoms with E-state index in [9.17, 15) is 4.79 Å². The molecule has 3 atom stereocenters. The number of hydrogen-bond donors (Lipinski definition) is 1. The number of rotatable bonds is 2. The van der Waals surface area contributed by atoms with Crippen LogP contribution in [0.3, 0.4) is 0 Å². The third-order valence-electron chi connectivity index (χ3n) is 4.02. The van der Waals surface area contributed by atoms with E-state index in [-0.39, 0.29) is 5.91 Å². The Bertz CT molecular complexity index is 432. The highest BCUT2D eigenvalue weighted by molar-refractivity contribution is 9.10. The molecule has 0 spiro atoms. The average molecular weight is 310 g/mol. The van der Waals surface area contributed by atoms with Gasteiger partial charge in [0.25, 0.3) is 5.91 Å². The zero-order valence-corrected chi connectivity index (χ0v) is 12.5. The van der Waals surface area contributed by atoms with Crippen LogP contribution in [0.15, 0.2) is 28.7 Å². The molecule has 0 aliphatic heterocycles. The standard InChI is InChI=1S/C15H20BrNO/c1-10-6-7-14(8-11(10)2)17-15(18)12-4-3-5-13(16)9-12/h3-5,9-11,14H,6-8H2,1-2H3,(H,17,18). The molecule has 0 heterocycles. The van der Waals surface area contributed by atoms with Gasteiger partial charge in [0.05, 0.1) is 0 Å². The summed E-state index contributed by atoms with van der Waals surface area (Å²) in [6.07, 6.45) is 3.41. The van der Waals surface area contributed by atoms with Crippen LogP contribution < -0.4 is 5.32 Å². The lowest BCUT2D eigenvalue weighted by atomic mass is 9.79. The van der Waals surface area contributed by atoms with Crippen molar-refractivity contribution in [3.05, 3.63) is 34.3 Å². The van der Waals surface area contributed by atoms with Crippen molar-refractivity contribution < 1.29 is 4.79 Å². The van der Waals surface area contributed by atoms with Gasteiger partial charge in [-0.1, -0.05) is 35.8 Å². The first-order valence-electron chi connectivity index (χ1n) is 6.62. The summed E-state index contributed by atoms with van der Waals surface area (Å²) < 4.78 is 0.945. The van der Waals surface area contributed by atoms with E-state index in [0.717, 1.165) is 28.8 Å². The molecule has 1 aromatic carbocycles. The van der Waals surface area contributed by atoms with Crippen LogP contribution in [-0.4, -0.2) is 11.9 Å². The minimum Gasteiger partial charge on any atom is -0.349 e. The Hall–Kier alpha value is -0.830. The van der Waals surface area contributed by atoms with Crippen molar-refractivity contribution in [1.82, 2.24) is 5.32 Å². The van der Waals surface area contributed by atoms with Gasteiger partial charge in [0.15, 0.2) is 0 Å². The monoisotopic (exact) mass is 309 g/mol. The van der Waals surface area contributed by atoms with E-state index < -0.39 is 0 Å². The first-order valence-corrected chi connectivity index (χ1v) is 7.42. The van der Waals surface area contributed by atoms with Gasteiger partial charge >= 0.3 is 0 Å². The van der Waals surface area contributed by atoms with E-state index in [1.165, 1.54) is 6.42 Å². The summed E-state index contributed by atoms with van der Waals surface area (Å²) in [5, 5.41) is 3.15. The number of halogens is 1. The van der Waals surface area contributed by atoms with Gasteiger partial charge in [-0.25, -0.2) is 0 Å². The van der Waals surface area contributed by atoms with E-state index in [4.69, 9.17) is 0 Å². The first kappa shape index (κ1) is 13.6. The Morgan fingerprint density at radius 1 is 1.28 bits per heavy atom.